The molecule has 3 N–H and O–H groups in total. The lowest BCUT2D eigenvalue weighted by Crippen LogP contribution is -2.42. The van der Waals surface area contributed by atoms with E-state index in [4.69, 9.17) is 14.1 Å². The van der Waals surface area contributed by atoms with Crippen LogP contribution in [0.3, 0.4) is 0 Å². The van der Waals surface area contributed by atoms with E-state index in [1.807, 2.05) is 6.07 Å². The Bertz CT molecular complexity index is 898. The summed E-state index contributed by atoms with van der Waals surface area (Å²) in [6.45, 7) is 2.25. The normalized spacial score (nSPS) is 33.9. The highest BCUT2D eigenvalue weighted by atomic mass is 32.2. The van der Waals surface area contributed by atoms with Gasteiger partial charge in [0.2, 0.25) is 0 Å². The molecule has 0 radical (unpaired) electrons. The molecule has 2 saturated carbocycles. The van der Waals surface area contributed by atoms with Crippen LogP contribution in [0.1, 0.15) is 56.1 Å². The number of hydrogen-bond acceptors (Lipinski definition) is 6. The maximum atomic E-state index is 11.4. The number of nitrogens with zero attached hydrogens (tertiary/aromatic N) is 1. The third-order valence-electron chi connectivity index (χ3n) is 7.08. The molecule has 0 amide bonds. The van der Waals surface area contributed by atoms with Gasteiger partial charge in [-0.1, -0.05) is 12.1 Å². The average Bonchev–Trinajstić information content (AvgIpc) is 2.95. The Kier molecular flexibility index (Phi) is 4.38. The van der Waals surface area contributed by atoms with Crippen LogP contribution in [0.4, 0.5) is 0 Å². The third-order valence-corrected chi connectivity index (χ3v) is 7.49. The topological polar surface area (TPSA) is 111 Å². The van der Waals surface area contributed by atoms with Crippen molar-refractivity contribution < 1.29 is 22.5 Å². The number of benzene rings is 1. The molecule has 148 valence electrons. The van der Waals surface area contributed by atoms with Gasteiger partial charge in [-0.15, -0.1) is 0 Å². The van der Waals surface area contributed by atoms with Gasteiger partial charge in [-0.2, -0.15) is 13.6 Å². The molecule has 0 aliphatic heterocycles. The van der Waals surface area contributed by atoms with Crippen molar-refractivity contribution in [3.63, 3.8) is 0 Å². The van der Waals surface area contributed by atoms with Crippen LogP contribution >= 0.6 is 0 Å². The second kappa shape index (κ2) is 6.38. The number of oxime groups is 1. The zero-order valence-corrected chi connectivity index (χ0v) is 16.5. The largest absolute Gasteiger partial charge is 0.493 e. The summed E-state index contributed by atoms with van der Waals surface area (Å²) in [7, 11) is -2.61. The lowest BCUT2D eigenvalue weighted by molar-refractivity contribution is 0.0937. The fourth-order valence-electron chi connectivity index (χ4n) is 5.88. The van der Waals surface area contributed by atoms with Gasteiger partial charge >= 0.3 is 10.3 Å². The van der Waals surface area contributed by atoms with Crippen molar-refractivity contribution >= 4 is 16.0 Å². The van der Waals surface area contributed by atoms with Crippen molar-refractivity contribution in [2.24, 2.45) is 27.5 Å². The monoisotopic (exact) mass is 394 g/mol. The number of aryl methyl sites for hydroxylation is 1. The Labute approximate surface area is 159 Å². The second-order valence-corrected chi connectivity index (χ2v) is 9.39. The molecule has 0 heterocycles. The molecule has 0 aromatic heterocycles. The summed E-state index contributed by atoms with van der Waals surface area (Å²) in [5.74, 6) is 1.99. The van der Waals surface area contributed by atoms with Crippen molar-refractivity contribution in [1.82, 2.24) is 0 Å². The molecule has 8 heteroatoms. The van der Waals surface area contributed by atoms with Gasteiger partial charge in [-0.25, -0.2) is 0 Å². The minimum atomic E-state index is -4.11. The van der Waals surface area contributed by atoms with Gasteiger partial charge in [0.15, 0.2) is 11.5 Å². The summed E-state index contributed by atoms with van der Waals surface area (Å²) in [5, 5.41) is 18.1. The van der Waals surface area contributed by atoms with E-state index >= 15 is 0 Å². The molecule has 3 aliphatic rings. The maximum absolute atomic E-state index is 11.4. The number of rotatable bonds is 3. The van der Waals surface area contributed by atoms with Crippen LogP contribution in [0, 0.1) is 17.3 Å². The van der Waals surface area contributed by atoms with Crippen LogP contribution < -0.4 is 14.1 Å². The SMILES string of the molecule is COc1cc2c(cc1OS(N)(=O)=O)CC[C@@H]1[C@@H]2CC[C@]2(C)C(=NO)CC[C@@H]12. The highest BCUT2D eigenvalue weighted by Gasteiger charge is 2.53. The van der Waals surface area contributed by atoms with Crippen LogP contribution in [0.5, 0.6) is 11.5 Å². The van der Waals surface area contributed by atoms with Gasteiger partial charge in [0.25, 0.3) is 0 Å². The molecule has 0 saturated heterocycles. The first kappa shape index (κ1) is 18.6. The molecular formula is C19H26N2O5S. The molecule has 4 rings (SSSR count). The van der Waals surface area contributed by atoms with Gasteiger partial charge in [-0.05, 0) is 79.5 Å². The van der Waals surface area contributed by atoms with Crippen LogP contribution in [-0.4, -0.2) is 26.4 Å². The standard InChI is InChI=1S/C19H26N2O5S/c1-19-8-7-12-13(15(19)5-6-18(19)21-22)4-3-11-9-17(26-27(20,23)24)16(25-2)10-14(11)12/h9-10,12-13,15,22H,3-8H2,1-2H3,(H2,20,23,24)/t12-,13+,15-,19-/m0/s1. The predicted molar refractivity (Wildman–Crippen MR) is 101 cm³/mol. The highest BCUT2D eigenvalue weighted by molar-refractivity contribution is 7.84. The lowest BCUT2D eigenvalue weighted by atomic mass is 9.55. The van der Waals surface area contributed by atoms with E-state index in [-0.39, 0.29) is 11.2 Å². The predicted octanol–water partition coefficient (Wildman–Crippen LogP) is 2.96. The molecule has 0 unspecified atom stereocenters. The molecule has 7 nitrogen and oxygen atoms in total. The zero-order valence-electron chi connectivity index (χ0n) is 15.6. The lowest BCUT2D eigenvalue weighted by Gasteiger charge is -2.49. The summed E-state index contributed by atoms with van der Waals surface area (Å²) in [4.78, 5) is 0. The van der Waals surface area contributed by atoms with Crippen molar-refractivity contribution in [3.8, 4) is 11.5 Å². The molecular weight excluding hydrogens is 368 g/mol. The second-order valence-electron chi connectivity index (χ2n) is 8.24. The van der Waals surface area contributed by atoms with E-state index in [9.17, 15) is 13.6 Å². The first-order valence-electron chi connectivity index (χ1n) is 9.41. The Balaban J connectivity index is 1.71. The van der Waals surface area contributed by atoms with E-state index < -0.39 is 10.3 Å². The quantitative estimate of drug-likeness (QED) is 0.605. The summed E-state index contributed by atoms with van der Waals surface area (Å²) in [5.41, 5.74) is 3.27. The Morgan fingerprint density at radius 1 is 1.22 bits per heavy atom. The van der Waals surface area contributed by atoms with E-state index in [2.05, 4.69) is 12.1 Å². The fraction of sp³-hybridized carbons (Fsp3) is 0.632. The van der Waals surface area contributed by atoms with Crippen molar-refractivity contribution in [2.75, 3.05) is 7.11 Å². The van der Waals surface area contributed by atoms with Gasteiger partial charge in [0.1, 0.15) is 0 Å². The third kappa shape index (κ3) is 2.99. The summed E-state index contributed by atoms with van der Waals surface area (Å²) in [6, 6.07) is 3.68. The maximum Gasteiger partial charge on any atom is 0.380 e. The van der Waals surface area contributed by atoms with Crippen LogP contribution in [0.15, 0.2) is 17.3 Å². The Hall–Kier alpha value is -1.80. The first-order valence-corrected chi connectivity index (χ1v) is 10.9. The molecule has 4 atom stereocenters. The molecule has 0 spiro atoms. The van der Waals surface area contributed by atoms with E-state index in [1.165, 1.54) is 12.7 Å². The zero-order chi connectivity index (χ0) is 19.4. The molecule has 1 aromatic carbocycles. The number of hydrogen-bond donors (Lipinski definition) is 2. The van der Waals surface area contributed by atoms with E-state index in [0.29, 0.717) is 23.5 Å². The van der Waals surface area contributed by atoms with Crippen LogP contribution in [0.25, 0.3) is 0 Å². The molecule has 1 aromatic rings. The van der Waals surface area contributed by atoms with Crippen molar-refractivity contribution in [1.29, 1.82) is 0 Å². The summed E-state index contributed by atoms with van der Waals surface area (Å²) < 4.78 is 33.0. The molecule has 27 heavy (non-hydrogen) atoms. The minimum Gasteiger partial charge on any atom is -0.493 e. The van der Waals surface area contributed by atoms with Gasteiger partial charge in [0.05, 0.1) is 12.8 Å². The number of nitrogens with two attached hydrogens (primary N) is 1. The number of methoxy groups -OCH3 is 1. The van der Waals surface area contributed by atoms with Gasteiger partial charge in [0, 0.05) is 5.41 Å². The van der Waals surface area contributed by atoms with Gasteiger partial charge in [-0.3, -0.25) is 0 Å². The average molecular weight is 394 g/mol. The van der Waals surface area contributed by atoms with Crippen LogP contribution in [0.2, 0.25) is 0 Å². The summed E-state index contributed by atoms with van der Waals surface area (Å²) >= 11 is 0. The molecule has 2 fully saturated rings. The van der Waals surface area contributed by atoms with Crippen LogP contribution in [-0.2, 0) is 16.7 Å². The fourth-order valence-corrected chi connectivity index (χ4v) is 6.26. The Morgan fingerprint density at radius 2 is 2.00 bits per heavy atom. The molecule has 0 bridgehead atoms. The van der Waals surface area contributed by atoms with E-state index in [0.717, 1.165) is 49.8 Å². The molecule has 3 aliphatic carbocycles. The first-order chi connectivity index (χ1) is 12.8. The van der Waals surface area contributed by atoms with Gasteiger partial charge < -0.3 is 14.1 Å². The smallest absolute Gasteiger partial charge is 0.380 e. The number of ether oxygens (including phenoxy) is 1. The number of fused-ring (bicyclic) bond motifs is 5. The summed E-state index contributed by atoms with van der Waals surface area (Å²) in [6.07, 6.45) is 5.85. The Morgan fingerprint density at radius 3 is 2.67 bits per heavy atom. The van der Waals surface area contributed by atoms with Crippen molar-refractivity contribution in [3.05, 3.63) is 23.3 Å². The highest BCUT2D eigenvalue weighted by Crippen LogP contribution is 2.60. The minimum absolute atomic E-state index is 0.00577. The van der Waals surface area contributed by atoms with Crippen molar-refractivity contribution in [2.45, 2.75) is 51.4 Å². The van der Waals surface area contributed by atoms with E-state index in [1.54, 1.807) is 6.07 Å².